The molecule has 0 aliphatic carbocycles. The van der Waals surface area contributed by atoms with Crippen molar-refractivity contribution in [2.45, 2.75) is 24.9 Å². The average molecular weight is 467 g/mol. The van der Waals surface area contributed by atoms with Gasteiger partial charge in [0.25, 0.3) is 0 Å². The number of hydroxylamine groups is 1. The van der Waals surface area contributed by atoms with Gasteiger partial charge in [0.1, 0.15) is 18.6 Å². The number of hydrogen-bond donors (Lipinski definition) is 6. The quantitative estimate of drug-likeness (QED) is 0.179. The number of carboxylic acids is 2. The van der Waals surface area contributed by atoms with Crippen molar-refractivity contribution in [3.8, 4) is 6.07 Å². The molecule has 0 bridgehead atoms. The van der Waals surface area contributed by atoms with Crippen molar-refractivity contribution in [3.63, 3.8) is 0 Å². The van der Waals surface area contributed by atoms with Gasteiger partial charge in [-0.25, -0.2) is 0 Å². The number of amides is 3. The zero-order valence-corrected chi connectivity index (χ0v) is 17.4. The summed E-state index contributed by atoms with van der Waals surface area (Å²) in [7, 11) is 0. The van der Waals surface area contributed by atoms with E-state index in [1.807, 2.05) is 6.07 Å². The third-order valence-corrected chi connectivity index (χ3v) is 4.77. The average Bonchev–Trinajstić information content (AvgIpc) is 2.77. The van der Waals surface area contributed by atoms with E-state index in [-0.39, 0.29) is 29.3 Å². The number of rotatable bonds is 11. The largest absolute Gasteiger partial charge is 0.480 e. The minimum atomic E-state index is -1.36. The van der Waals surface area contributed by atoms with Crippen LogP contribution in [0.4, 0.5) is 10.5 Å². The first-order chi connectivity index (χ1) is 15.0. The van der Waals surface area contributed by atoms with Crippen molar-refractivity contribution in [2.75, 3.05) is 17.4 Å². The van der Waals surface area contributed by atoms with Crippen LogP contribution in [-0.2, 0) is 19.2 Å². The molecule has 2 atom stereocenters. The number of nitrogens with two attached hydrogens (primary N) is 1. The Kier molecular flexibility index (Phi) is 10.6. The number of carbonyl (C=O) groups is 5. The second-order valence-corrected chi connectivity index (χ2v) is 7.23. The number of aliphatic carboxylic acids is 2. The molecule has 1 aromatic rings. The SMILES string of the molecule is N#Cc1ccc(N(O)C(=O)SCC(NC(=O)CCC(N)C(=O)O)C(=O)NCC(=O)O)cc1. The number of nitriles is 1. The van der Waals surface area contributed by atoms with Crippen molar-refractivity contribution < 1.29 is 39.4 Å². The van der Waals surface area contributed by atoms with Gasteiger partial charge in [0.15, 0.2) is 0 Å². The summed E-state index contributed by atoms with van der Waals surface area (Å²) in [4.78, 5) is 57.9. The summed E-state index contributed by atoms with van der Waals surface area (Å²) in [5.41, 5.74) is 5.68. The van der Waals surface area contributed by atoms with Gasteiger partial charge in [-0.1, -0.05) is 11.8 Å². The van der Waals surface area contributed by atoms with E-state index in [1.165, 1.54) is 24.3 Å². The molecule has 3 amide bonds. The second-order valence-electron chi connectivity index (χ2n) is 6.26. The number of hydrogen-bond acceptors (Lipinski definition) is 9. The Morgan fingerprint density at radius 2 is 1.78 bits per heavy atom. The Hall–Kier alpha value is -3.67. The number of benzene rings is 1. The summed E-state index contributed by atoms with van der Waals surface area (Å²) >= 11 is 0.461. The van der Waals surface area contributed by atoms with Crippen molar-refractivity contribution in [1.29, 1.82) is 5.26 Å². The number of carboxylic acid groups (broad SMARTS) is 2. The van der Waals surface area contributed by atoms with Crippen LogP contribution in [0.1, 0.15) is 18.4 Å². The summed E-state index contributed by atoms with van der Waals surface area (Å²) in [5.74, 6) is -4.64. The van der Waals surface area contributed by atoms with Crippen LogP contribution in [-0.4, -0.2) is 68.8 Å². The highest BCUT2D eigenvalue weighted by Gasteiger charge is 2.25. The zero-order valence-electron chi connectivity index (χ0n) is 16.6. The molecule has 0 aliphatic rings. The van der Waals surface area contributed by atoms with E-state index < -0.39 is 47.6 Å². The van der Waals surface area contributed by atoms with E-state index >= 15 is 0 Å². The van der Waals surface area contributed by atoms with Crippen LogP contribution < -0.4 is 21.4 Å². The predicted octanol–water partition coefficient (Wildman–Crippen LogP) is -0.515. The van der Waals surface area contributed by atoms with Gasteiger partial charge in [-0.3, -0.25) is 29.2 Å². The Bertz CT molecular complexity index is 902. The van der Waals surface area contributed by atoms with E-state index in [9.17, 15) is 29.2 Å². The molecule has 14 heteroatoms. The summed E-state index contributed by atoms with van der Waals surface area (Å²) in [6.07, 6.45) is -0.536. The molecule has 0 saturated carbocycles. The lowest BCUT2D eigenvalue weighted by molar-refractivity contribution is -0.139. The number of nitrogens with one attached hydrogen (secondary N) is 2. The van der Waals surface area contributed by atoms with E-state index in [0.717, 1.165) is 0 Å². The Morgan fingerprint density at radius 1 is 1.16 bits per heavy atom. The molecule has 13 nitrogen and oxygen atoms in total. The molecule has 32 heavy (non-hydrogen) atoms. The van der Waals surface area contributed by atoms with Gasteiger partial charge in [-0.2, -0.15) is 10.3 Å². The number of anilines is 1. The molecule has 1 rings (SSSR count). The van der Waals surface area contributed by atoms with Gasteiger partial charge >= 0.3 is 17.2 Å². The van der Waals surface area contributed by atoms with Gasteiger partial charge in [0.05, 0.1) is 17.3 Å². The Morgan fingerprint density at radius 3 is 2.31 bits per heavy atom. The number of carbonyl (C=O) groups excluding carboxylic acids is 3. The van der Waals surface area contributed by atoms with Crippen LogP contribution in [0.5, 0.6) is 0 Å². The van der Waals surface area contributed by atoms with Gasteiger partial charge in [-0.05, 0) is 30.7 Å². The molecule has 2 unspecified atom stereocenters. The zero-order chi connectivity index (χ0) is 24.3. The highest BCUT2D eigenvalue weighted by Crippen LogP contribution is 2.19. The summed E-state index contributed by atoms with van der Waals surface area (Å²) < 4.78 is 0. The first-order valence-electron chi connectivity index (χ1n) is 8.98. The summed E-state index contributed by atoms with van der Waals surface area (Å²) in [6, 6.07) is 4.63. The summed E-state index contributed by atoms with van der Waals surface area (Å²) in [6.45, 7) is -0.731. The molecule has 0 fully saturated rings. The fourth-order valence-electron chi connectivity index (χ4n) is 2.14. The molecule has 1 aromatic carbocycles. The normalized spacial score (nSPS) is 12.0. The maximum Gasteiger partial charge on any atom is 0.322 e. The lowest BCUT2D eigenvalue weighted by Gasteiger charge is -2.19. The van der Waals surface area contributed by atoms with Crippen LogP contribution >= 0.6 is 11.8 Å². The predicted molar refractivity (Wildman–Crippen MR) is 111 cm³/mol. The van der Waals surface area contributed by atoms with E-state index in [4.69, 9.17) is 21.2 Å². The molecule has 0 spiro atoms. The van der Waals surface area contributed by atoms with Crippen molar-refractivity contribution in [3.05, 3.63) is 29.8 Å². The van der Waals surface area contributed by atoms with Crippen LogP contribution in [0.3, 0.4) is 0 Å². The van der Waals surface area contributed by atoms with Gasteiger partial charge in [0, 0.05) is 12.2 Å². The molecular formula is C18H21N5O8S. The maximum atomic E-state index is 12.2. The molecule has 0 aliphatic heterocycles. The third kappa shape index (κ3) is 9.00. The lowest BCUT2D eigenvalue weighted by Crippen LogP contribution is -2.50. The van der Waals surface area contributed by atoms with E-state index in [1.54, 1.807) is 0 Å². The minimum Gasteiger partial charge on any atom is -0.480 e. The monoisotopic (exact) mass is 467 g/mol. The first-order valence-corrected chi connectivity index (χ1v) is 9.96. The smallest absolute Gasteiger partial charge is 0.322 e. The summed E-state index contributed by atoms with van der Waals surface area (Å²) in [5, 5.41) is 39.9. The first kappa shape index (κ1) is 26.4. The lowest BCUT2D eigenvalue weighted by atomic mass is 10.1. The molecule has 172 valence electrons. The van der Waals surface area contributed by atoms with Gasteiger partial charge < -0.3 is 26.6 Å². The standard InChI is InChI=1S/C18H21N5O8S/c19-7-10-1-3-11(4-2-10)23(31)18(30)32-9-13(16(27)21-8-15(25)26)22-14(24)6-5-12(20)17(28)29/h1-4,12-13,31H,5-6,8-9,20H2,(H,21,27)(H,22,24)(H,25,26)(H,28,29). The van der Waals surface area contributed by atoms with Crippen molar-refractivity contribution in [2.24, 2.45) is 5.73 Å². The fourth-order valence-corrected chi connectivity index (χ4v) is 2.92. The fraction of sp³-hybridized carbons (Fsp3) is 0.333. The Balaban J connectivity index is 2.76. The molecule has 0 aromatic heterocycles. The molecule has 0 saturated heterocycles. The highest BCUT2D eigenvalue weighted by molar-refractivity contribution is 8.13. The van der Waals surface area contributed by atoms with Crippen LogP contribution in [0.15, 0.2) is 24.3 Å². The highest BCUT2D eigenvalue weighted by atomic mass is 32.2. The van der Waals surface area contributed by atoms with Crippen LogP contribution in [0.25, 0.3) is 0 Å². The number of thioether (sulfide) groups is 1. The van der Waals surface area contributed by atoms with Crippen molar-refractivity contribution >= 4 is 46.4 Å². The van der Waals surface area contributed by atoms with Crippen LogP contribution in [0, 0.1) is 11.3 Å². The molecule has 0 radical (unpaired) electrons. The minimum absolute atomic E-state index is 0.0556. The van der Waals surface area contributed by atoms with Gasteiger partial charge in [-0.15, -0.1) is 0 Å². The van der Waals surface area contributed by atoms with E-state index in [2.05, 4.69) is 10.6 Å². The maximum absolute atomic E-state index is 12.2. The second kappa shape index (κ2) is 12.9. The Labute approximate surface area is 186 Å². The number of nitrogens with zero attached hydrogens (tertiary/aromatic N) is 2. The van der Waals surface area contributed by atoms with E-state index in [0.29, 0.717) is 17.3 Å². The molecule has 0 heterocycles. The molecule has 7 N–H and O–H groups in total. The van der Waals surface area contributed by atoms with Crippen LogP contribution in [0.2, 0.25) is 0 Å². The van der Waals surface area contributed by atoms with Gasteiger partial charge in [0.2, 0.25) is 11.8 Å². The topological polar surface area (TPSA) is 223 Å². The molecular weight excluding hydrogens is 446 g/mol. The van der Waals surface area contributed by atoms with Crippen molar-refractivity contribution in [1.82, 2.24) is 10.6 Å². The third-order valence-electron chi connectivity index (χ3n) is 3.85.